The summed E-state index contributed by atoms with van der Waals surface area (Å²) in [4.78, 5) is 23.8. The van der Waals surface area contributed by atoms with Crippen LogP contribution in [0.3, 0.4) is 0 Å². The Labute approximate surface area is 111 Å². The van der Waals surface area contributed by atoms with Gasteiger partial charge in [-0.15, -0.1) is 11.3 Å². The molecular weight excluding hydrogens is 250 g/mol. The number of amides is 2. The molecule has 0 radical (unpaired) electrons. The van der Waals surface area contributed by atoms with Gasteiger partial charge in [0.15, 0.2) is 0 Å². The van der Waals surface area contributed by atoms with E-state index < -0.39 is 6.04 Å². The van der Waals surface area contributed by atoms with E-state index >= 15 is 0 Å². The van der Waals surface area contributed by atoms with Crippen LogP contribution in [0.5, 0.6) is 0 Å². The maximum absolute atomic E-state index is 11.7. The van der Waals surface area contributed by atoms with Crippen molar-refractivity contribution < 1.29 is 9.59 Å². The van der Waals surface area contributed by atoms with E-state index in [0.29, 0.717) is 6.54 Å². The standard InChI is InChI=1S/C12H19N3O2S/c1-8(2)15-10(16)5-6-14-12(17)11(13)9-4-3-7-18-9/h3-4,7-8,11H,5-6,13H2,1-2H3,(H,14,17)(H,15,16). The fourth-order valence-corrected chi connectivity index (χ4v) is 2.13. The molecule has 0 fully saturated rings. The molecule has 0 aliphatic carbocycles. The van der Waals surface area contributed by atoms with E-state index in [1.165, 1.54) is 11.3 Å². The summed E-state index contributed by atoms with van der Waals surface area (Å²) in [6.45, 7) is 4.09. The molecule has 2 amide bonds. The Morgan fingerprint density at radius 1 is 1.44 bits per heavy atom. The quantitative estimate of drug-likeness (QED) is 0.713. The lowest BCUT2D eigenvalue weighted by Crippen LogP contribution is -2.37. The minimum atomic E-state index is -0.654. The van der Waals surface area contributed by atoms with Crippen LogP contribution in [0.25, 0.3) is 0 Å². The van der Waals surface area contributed by atoms with Gasteiger partial charge < -0.3 is 16.4 Å². The van der Waals surface area contributed by atoms with Gasteiger partial charge in [-0.2, -0.15) is 0 Å². The molecule has 1 atom stereocenters. The maximum Gasteiger partial charge on any atom is 0.242 e. The molecule has 100 valence electrons. The van der Waals surface area contributed by atoms with Gasteiger partial charge >= 0.3 is 0 Å². The van der Waals surface area contributed by atoms with E-state index in [1.54, 1.807) is 0 Å². The normalized spacial score (nSPS) is 12.2. The van der Waals surface area contributed by atoms with Gasteiger partial charge in [0.05, 0.1) is 0 Å². The van der Waals surface area contributed by atoms with Gasteiger partial charge in [-0.1, -0.05) is 6.07 Å². The minimum Gasteiger partial charge on any atom is -0.354 e. The van der Waals surface area contributed by atoms with Gasteiger partial charge in [0.25, 0.3) is 0 Å². The van der Waals surface area contributed by atoms with Crippen LogP contribution < -0.4 is 16.4 Å². The first-order valence-corrected chi connectivity index (χ1v) is 6.74. The molecule has 1 unspecified atom stereocenters. The van der Waals surface area contributed by atoms with Crippen LogP contribution in [0.2, 0.25) is 0 Å². The Kier molecular flexibility index (Phi) is 5.80. The first kappa shape index (κ1) is 14.7. The van der Waals surface area contributed by atoms with Crippen LogP contribution in [-0.4, -0.2) is 24.4 Å². The predicted octanol–water partition coefficient (Wildman–Crippen LogP) is 0.779. The molecule has 0 saturated heterocycles. The Morgan fingerprint density at radius 3 is 2.72 bits per heavy atom. The smallest absolute Gasteiger partial charge is 0.242 e. The molecule has 5 nitrogen and oxygen atoms in total. The largest absolute Gasteiger partial charge is 0.354 e. The summed E-state index contributed by atoms with van der Waals surface area (Å²) in [5, 5.41) is 7.28. The van der Waals surface area contributed by atoms with E-state index in [1.807, 2.05) is 31.4 Å². The van der Waals surface area contributed by atoms with Crippen molar-refractivity contribution in [3.63, 3.8) is 0 Å². The molecule has 6 heteroatoms. The van der Waals surface area contributed by atoms with Crippen LogP contribution in [0.1, 0.15) is 31.2 Å². The molecule has 0 bridgehead atoms. The van der Waals surface area contributed by atoms with Gasteiger partial charge in [0.1, 0.15) is 6.04 Å². The van der Waals surface area contributed by atoms with Crippen molar-refractivity contribution in [1.82, 2.24) is 10.6 Å². The number of nitrogens with two attached hydrogens (primary N) is 1. The number of hydrogen-bond acceptors (Lipinski definition) is 4. The lowest BCUT2D eigenvalue weighted by atomic mass is 10.2. The second-order valence-electron chi connectivity index (χ2n) is 4.26. The van der Waals surface area contributed by atoms with Crippen LogP contribution in [0, 0.1) is 0 Å². The summed E-state index contributed by atoms with van der Waals surface area (Å²) in [5.41, 5.74) is 5.78. The van der Waals surface area contributed by atoms with Crippen molar-refractivity contribution in [1.29, 1.82) is 0 Å². The van der Waals surface area contributed by atoms with E-state index in [4.69, 9.17) is 5.73 Å². The molecular formula is C12H19N3O2S. The average molecular weight is 269 g/mol. The summed E-state index contributed by atoms with van der Waals surface area (Å²) in [7, 11) is 0. The summed E-state index contributed by atoms with van der Waals surface area (Å²) in [6.07, 6.45) is 0.265. The molecule has 1 aromatic heterocycles. The number of carbonyl (C=O) groups excluding carboxylic acids is 2. The van der Waals surface area contributed by atoms with Crippen LogP contribution in [-0.2, 0) is 9.59 Å². The Morgan fingerprint density at radius 2 is 2.17 bits per heavy atom. The monoisotopic (exact) mass is 269 g/mol. The fraction of sp³-hybridized carbons (Fsp3) is 0.500. The molecule has 0 aliphatic heterocycles. The Balaban J connectivity index is 2.27. The summed E-state index contributed by atoms with van der Waals surface area (Å²) in [6, 6.07) is 3.13. The topological polar surface area (TPSA) is 84.2 Å². The summed E-state index contributed by atoms with van der Waals surface area (Å²) in [5.74, 6) is -0.329. The molecule has 4 N–H and O–H groups in total. The van der Waals surface area contributed by atoms with Gasteiger partial charge in [0.2, 0.25) is 11.8 Å². The predicted molar refractivity (Wildman–Crippen MR) is 72.2 cm³/mol. The van der Waals surface area contributed by atoms with E-state index in [9.17, 15) is 9.59 Å². The molecule has 18 heavy (non-hydrogen) atoms. The average Bonchev–Trinajstić information content (AvgIpc) is 2.80. The summed E-state index contributed by atoms with van der Waals surface area (Å²) >= 11 is 1.44. The van der Waals surface area contributed by atoms with Crippen molar-refractivity contribution in [2.45, 2.75) is 32.4 Å². The third kappa shape index (κ3) is 4.85. The molecule has 0 aliphatic rings. The first-order valence-electron chi connectivity index (χ1n) is 5.86. The highest BCUT2D eigenvalue weighted by molar-refractivity contribution is 7.10. The molecule has 0 saturated carbocycles. The van der Waals surface area contributed by atoms with Gasteiger partial charge in [0, 0.05) is 23.9 Å². The van der Waals surface area contributed by atoms with Crippen LogP contribution in [0.15, 0.2) is 17.5 Å². The zero-order chi connectivity index (χ0) is 13.5. The SMILES string of the molecule is CC(C)NC(=O)CCNC(=O)C(N)c1cccs1. The van der Waals surface area contributed by atoms with Crippen molar-refractivity contribution >= 4 is 23.2 Å². The zero-order valence-electron chi connectivity index (χ0n) is 10.6. The lowest BCUT2D eigenvalue weighted by Gasteiger charge is -2.11. The fourth-order valence-electron chi connectivity index (χ4n) is 1.40. The first-order chi connectivity index (χ1) is 8.50. The van der Waals surface area contributed by atoms with Crippen molar-refractivity contribution in [2.75, 3.05) is 6.54 Å². The Hall–Kier alpha value is -1.40. The molecule has 0 aromatic carbocycles. The molecule has 1 heterocycles. The molecule has 1 aromatic rings. The van der Waals surface area contributed by atoms with Gasteiger partial charge in [-0.3, -0.25) is 9.59 Å². The highest BCUT2D eigenvalue weighted by Crippen LogP contribution is 2.16. The van der Waals surface area contributed by atoms with Crippen LogP contribution in [0.4, 0.5) is 0 Å². The third-order valence-electron chi connectivity index (χ3n) is 2.23. The zero-order valence-corrected chi connectivity index (χ0v) is 11.4. The van der Waals surface area contributed by atoms with E-state index in [2.05, 4.69) is 10.6 Å². The number of hydrogen-bond donors (Lipinski definition) is 3. The maximum atomic E-state index is 11.7. The number of nitrogens with one attached hydrogen (secondary N) is 2. The van der Waals surface area contributed by atoms with Gasteiger partial charge in [-0.25, -0.2) is 0 Å². The van der Waals surface area contributed by atoms with Crippen molar-refractivity contribution in [3.05, 3.63) is 22.4 Å². The van der Waals surface area contributed by atoms with Crippen LogP contribution >= 0.6 is 11.3 Å². The molecule has 0 spiro atoms. The lowest BCUT2D eigenvalue weighted by molar-refractivity contribution is -0.123. The van der Waals surface area contributed by atoms with Crippen molar-refractivity contribution in [2.24, 2.45) is 5.73 Å². The highest BCUT2D eigenvalue weighted by atomic mass is 32.1. The highest BCUT2D eigenvalue weighted by Gasteiger charge is 2.16. The number of carbonyl (C=O) groups is 2. The second-order valence-corrected chi connectivity index (χ2v) is 5.24. The minimum absolute atomic E-state index is 0.0741. The van der Waals surface area contributed by atoms with E-state index in [0.717, 1.165) is 4.88 Å². The number of thiophene rings is 1. The molecule has 1 rings (SSSR count). The van der Waals surface area contributed by atoms with E-state index in [-0.39, 0.29) is 24.3 Å². The second kappa shape index (κ2) is 7.13. The van der Waals surface area contributed by atoms with Gasteiger partial charge in [-0.05, 0) is 25.3 Å². The number of rotatable bonds is 6. The Bertz CT molecular complexity index is 390. The van der Waals surface area contributed by atoms with Crippen molar-refractivity contribution in [3.8, 4) is 0 Å². The summed E-state index contributed by atoms with van der Waals surface area (Å²) < 4.78 is 0. The third-order valence-corrected chi connectivity index (χ3v) is 3.19.